The van der Waals surface area contributed by atoms with Crippen molar-refractivity contribution in [2.45, 2.75) is 42.7 Å². The number of aromatic nitrogens is 3. The molecule has 5 N–H and O–H groups in total. The predicted molar refractivity (Wildman–Crippen MR) is 151 cm³/mol. The summed E-state index contributed by atoms with van der Waals surface area (Å²) in [6.07, 6.45) is 8.68. The highest BCUT2D eigenvalue weighted by atomic mass is 35.5. The molecule has 39 heavy (non-hydrogen) atoms. The molecule has 1 fully saturated rings. The number of nitrogens with zero attached hydrogens (tertiary/aromatic N) is 3. The van der Waals surface area contributed by atoms with Crippen LogP contribution in [0.2, 0.25) is 5.02 Å². The Kier molecular flexibility index (Phi) is 7.92. The number of nitrogens with one attached hydrogen (secondary N) is 3. The standard InChI is InChI=1S/C27H27ClFN7O2S/c28-21-3-1-2-4-26(21)39(37,38)36-24-10-9-19(13-22(24)29)34-23-11-12-31-15-20(23)25-14-27(33-16-32-25)35-18-7-5-17(30)6-8-18/h1-4,9-18,36H,5-8,30H2,(H,31,34)(H,32,33,35). The molecular weight excluding hydrogens is 541 g/mol. The minimum absolute atomic E-state index is 0.0416. The van der Waals surface area contributed by atoms with E-state index in [2.05, 4.69) is 30.3 Å². The smallest absolute Gasteiger partial charge is 0.263 e. The van der Waals surface area contributed by atoms with Crippen LogP contribution in [-0.2, 0) is 10.0 Å². The van der Waals surface area contributed by atoms with E-state index in [1.807, 2.05) is 6.07 Å². The molecule has 2 aromatic heterocycles. The van der Waals surface area contributed by atoms with Gasteiger partial charge in [0.1, 0.15) is 22.9 Å². The number of hydrogen-bond donors (Lipinski definition) is 4. The van der Waals surface area contributed by atoms with Gasteiger partial charge < -0.3 is 16.4 Å². The summed E-state index contributed by atoms with van der Waals surface area (Å²) >= 11 is 6.01. The van der Waals surface area contributed by atoms with Gasteiger partial charge in [-0.25, -0.2) is 22.8 Å². The van der Waals surface area contributed by atoms with Crippen LogP contribution >= 0.6 is 11.6 Å². The van der Waals surface area contributed by atoms with Gasteiger partial charge in [0.15, 0.2) is 0 Å². The van der Waals surface area contributed by atoms with Crippen molar-refractivity contribution in [3.05, 3.63) is 84.2 Å². The summed E-state index contributed by atoms with van der Waals surface area (Å²) in [6.45, 7) is 0. The maximum absolute atomic E-state index is 15.0. The zero-order chi connectivity index (χ0) is 27.4. The first-order valence-corrected chi connectivity index (χ1v) is 14.3. The van der Waals surface area contributed by atoms with Crippen LogP contribution < -0.4 is 21.1 Å². The number of sulfonamides is 1. The molecule has 202 valence electrons. The van der Waals surface area contributed by atoms with Gasteiger partial charge in [-0.15, -0.1) is 0 Å². The third-order valence-electron chi connectivity index (χ3n) is 6.51. The predicted octanol–water partition coefficient (Wildman–Crippen LogP) is 5.56. The van der Waals surface area contributed by atoms with Gasteiger partial charge in [0, 0.05) is 41.8 Å². The molecule has 1 aliphatic rings. The molecule has 4 aromatic rings. The fourth-order valence-corrected chi connectivity index (χ4v) is 6.05. The van der Waals surface area contributed by atoms with Crippen molar-refractivity contribution in [3.63, 3.8) is 0 Å². The van der Waals surface area contributed by atoms with E-state index in [-0.39, 0.29) is 21.6 Å². The maximum Gasteiger partial charge on any atom is 0.263 e. The molecule has 1 aliphatic carbocycles. The van der Waals surface area contributed by atoms with E-state index in [9.17, 15) is 12.8 Å². The summed E-state index contributed by atoms with van der Waals surface area (Å²) in [4.78, 5) is 12.9. The van der Waals surface area contributed by atoms with E-state index in [1.54, 1.807) is 36.7 Å². The number of rotatable bonds is 8. The number of pyridine rings is 1. The van der Waals surface area contributed by atoms with E-state index >= 15 is 0 Å². The summed E-state index contributed by atoms with van der Waals surface area (Å²) in [7, 11) is -4.08. The van der Waals surface area contributed by atoms with Crippen LogP contribution in [0.5, 0.6) is 0 Å². The molecule has 0 spiro atoms. The van der Waals surface area contributed by atoms with E-state index in [1.165, 1.54) is 30.6 Å². The summed E-state index contributed by atoms with van der Waals surface area (Å²) in [5.74, 6) is -0.0524. The molecule has 1 saturated carbocycles. The average Bonchev–Trinajstić information content (AvgIpc) is 2.92. The van der Waals surface area contributed by atoms with E-state index in [0.29, 0.717) is 34.5 Å². The number of benzene rings is 2. The molecule has 2 heterocycles. The molecule has 0 saturated heterocycles. The summed E-state index contributed by atoms with van der Waals surface area (Å²) in [5, 5.41) is 6.68. The molecule has 0 atom stereocenters. The first-order chi connectivity index (χ1) is 18.8. The molecule has 12 heteroatoms. The van der Waals surface area contributed by atoms with Crippen LogP contribution in [0.4, 0.5) is 27.3 Å². The molecule has 0 bridgehead atoms. The van der Waals surface area contributed by atoms with E-state index < -0.39 is 15.8 Å². The average molecular weight is 568 g/mol. The van der Waals surface area contributed by atoms with Crippen LogP contribution in [0.3, 0.4) is 0 Å². The van der Waals surface area contributed by atoms with Gasteiger partial charge in [0.2, 0.25) is 0 Å². The zero-order valence-corrected chi connectivity index (χ0v) is 22.4. The Morgan fingerprint density at radius 2 is 1.77 bits per heavy atom. The van der Waals surface area contributed by atoms with Crippen molar-refractivity contribution < 1.29 is 12.8 Å². The highest BCUT2D eigenvalue weighted by Gasteiger charge is 2.21. The molecule has 9 nitrogen and oxygen atoms in total. The summed E-state index contributed by atoms with van der Waals surface area (Å²) < 4.78 is 42.7. The fourth-order valence-electron chi connectivity index (χ4n) is 4.46. The van der Waals surface area contributed by atoms with Crippen LogP contribution in [0.1, 0.15) is 25.7 Å². The molecular formula is C27H27ClFN7O2S. The second-order valence-electron chi connectivity index (χ2n) is 9.32. The molecule has 0 aliphatic heterocycles. The van der Waals surface area contributed by atoms with E-state index in [0.717, 1.165) is 25.7 Å². The lowest BCUT2D eigenvalue weighted by atomic mass is 9.92. The Bertz CT molecular complexity index is 1580. The third-order valence-corrected chi connectivity index (χ3v) is 8.37. The largest absolute Gasteiger partial charge is 0.367 e. The second kappa shape index (κ2) is 11.5. The quantitative estimate of drug-likeness (QED) is 0.217. The SMILES string of the molecule is NC1CCC(Nc2cc(-c3cnccc3Nc3ccc(NS(=O)(=O)c4ccccc4Cl)c(F)c3)ncn2)CC1. The van der Waals surface area contributed by atoms with Gasteiger partial charge in [-0.3, -0.25) is 9.71 Å². The Balaban J connectivity index is 1.33. The minimum Gasteiger partial charge on any atom is -0.367 e. The van der Waals surface area contributed by atoms with Gasteiger partial charge in [-0.05, 0) is 62.1 Å². The van der Waals surface area contributed by atoms with Crippen LogP contribution in [0.25, 0.3) is 11.3 Å². The van der Waals surface area contributed by atoms with Gasteiger partial charge in [-0.2, -0.15) is 0 Å². The number of hydrogen-bond acceptors (Lipinski definition) is 8. The fraction of sp³-hybridized carbons (Fsp3) is 0.222. The van der Waals surface area contributed by atoms with Crippen molar-refractivity contribution in [1.29, 1.82) is 0 Å². The highest BCUT2D eigenvalue weighted by Crippen LogP contribution is 2.31. The van der Waals surface area contributed by atoms with Crippen LogP contribution in [-0.4, -0.2) is 35.5 Å². The summed E-state index contributed by atoms with van der Waals surface area (Å²) in [6, 6.07) is 14.2. The Morgan fingerprint density at radius 1 is 0.974 bits per heavy atom. The summed E-state index contributed by atoms with van der Waals surface area (Å²) in [5.41, 5.74) is 8.20. The molecule has 5 rings (SSSR count). The van der Waals surface area contributed by atoms with Gasteiger partial charge in [-0.1, -0.05) is 23.7 Å². The molecule has 0 amide bonds. The Hall–Kier alpha value is -3.80. The molecule has 0 unspecified atom stereocenters. The van der Waals surface area contributed by atoms with Gasteiger partial charge in [0.05, 0.1) is 22.1 Å². The topological polar surface area (TPSA) is 135 Å². The second-order valence-corrected chi connectivity index (χ2v) is 11.4. The monoisotopic (exact) mass is 567 g/mol. The van der Waals surface area contributed by atoms with Crippen molar-refractivity contribution in [2.24, 2.45) is 5.73 Å². The van der Waals surface area contributed by atoms with Crippen molar-refractivity contribution >= 4 is 44.5 Å². The lowest BCUT2D eigenvalue weighted by Gasteiger charge is -2.27. The molecule has 2 aromatic carbocycles. The lowest BCUT2D eigenvalue weighted by molar-refractivity contribution is 0.410. The van der Waals surface area contributed by atoms with Gasteiger partial charge in [0.25, 0.3) is 10.0 Å². The minimum atomic E-state index is -4.08. The number of anilines is 4. The zero-order valence-electron chi connectivity index (χ0n) is 20.8. The van der Waals surface area contributed by atoms with Crippen LogP contribution in [0.15, 0.2) is 78.2 Å². The first-order valence-electron chi connectivity index (χ1n) is 12.4. The van der Waals surface area contributed by atoms with Crippen LogP contribution in [0, 0.1) is 5.82 Å². The Morgan fingerprint density at radius 3 is 2.54 bits per heavy atom. The molecule has 0 radical (unpaired) electrons. The number of nitrogens with two attached hydrogens (primary N) is 1. The van der Waals surface area contributed by atoms with Gasteiger partial charge >= 0.3 is 0 Å². The normalized spacial score (nSPS) is 17.4. The third kappa shape index (κ3) is 6.44. The van der Waals surface area contributed by atoms with Crippen molar-refractivity contribution in [3.8, 4) is 11.3 Å². The maximum atomic E-state index is 15.0. The Labute approximate surface area is 231 Å². The highest BCUT2D eigenvalue weighted by molar-refractivity contribution is 7.92. The van der Waals surface area contributed by atoms with Crippen molar-refractivity contribution in [2.75, 3.05) is 15.4 Å². The van der Waals surface area contributed by atoms with Crippen molar-refractivity contribution in [1.82, 2.24) is 15.0 Å². The lowest BCUT2D eigenvalue weighted by Crippen LogP contribution is -2.33. The van der Waals surface area contributed by atoms with E-state index in [4.69, 9.17) is 17.3 Å². The number of halogens is 2. The first kappa shape index (κ1) is 26.8.